The van der Waals surface area contributed by atoms with Gasteiger partial charge in [-0.15, -0.1) is 11.3 Å². The quantitative estimate of drug-likeness (QED) is 0.775. The van der Waals surface area contributed by atoms with Gasteiger partial charge in [0.25, 0.3) is 0 Å². The van der Waals surface area contributed by atoms with Gasteiger partial charge in [0.2, 0.25) is 0 Å². The molecule has 4 rings (SSSR count). The van der Waals surface area contributed by atoms with E-state index in [0.717, 1.165) is 38.0 Å². The van der Waals surface area contributed by atoms with E-state index in [2.05, 4.69) is 28.5 Å². The Balaban J connectivity index is 1.43. The number of nitrogens with zero attached hydrogens (tertiary/aromatic N) is 2. The van der Waals surface area contributed by atoms with Crippen molar-refractivity contribution in [2.45, 2.75) is 63.4 Å². The Morgan fingerprint density at radius 3 is 2.82 bits per heavy atom. The molecule has 0 spiro atoms. The number of hydrogen-bond donors (Lipinski definition) is 2. The minimum Gasteiger partial charge on any atom is -0.394 e. The molecule has 28 heavy (non-hydrogen) atoms. The first-order valence-corrected chi connectivity index (χ1v) is 11.7. The standard InChI is InChI=1S/C23H32N2O2S/c26-15-21(27)14-25-11-9-18(10-12-25)23-24-22(16-28-23)20-8-4-7-17-5-2-1-3-6-19(17)13-20/h4,8,13,16,18,21,26-27H,1-3,5-7,9-12,14-15H2. The molecule has 0 bridgehead atoms. The van der Waals surface area contributed by atoms with E-state index in [1.165, 1.54) is 42.7 Å². The fourth-order valence-corrected chi connectivity index (χ4v) is 5.62. The summed E-state index contributed by atoms with van der Waals surface area (Å²) in [6.45, 7) is 2.35. The van der Waals surface area contributed by atoms with Crippen molar-refractivity contribution in [1.82, 2.24) is 9.88 Å². The summed E-state index contributed by atoms with van der Waals surface area (Å²) in [5.74, 6) is 0.518. The molecular formula is C23H32N2O2S. The summed E-state index contributed by atoms with van der Waals surface area (Å²) in [4.78, 5) is 7.28. The van der Waals surface area contributed by atoms with E-state index >= 15 is 0 Å². The van der Waals surface area contributed by atoms with Crippen LogP contribution in [0.2, 0.25) is 0 Å². The molecule has 0 aromatic carbocycles. The summed E-state index contributed by atoms with van der Waals surface area (Å²) in [7, 11) is 0. The van der Waals surface area contributed by atoms with Gasteiger partial charge in [0.15, 0.2) is 0 Å². The third kappa shape index (κ3) is 4.82. The summed E-state index contributed by atoms with van der Waals surface area (Å²) in [5.41, 5.74) is 5.60. The minimum atomic E-state index is -0.625. The fraction of sp³-hybridized carbons (Fsp3) is 0.609. The lowest BCUT2D eigenvalue weighted by atomic mass is 9.97. The van der Waals surface area contributed by atoms with Crippen LogP contribution in [0.25, 0.3) is 5.57 Å². The van der Waals surface area contributed by atoms with Crippen LogP contribution in [0.15, 0.2) is 34.8 Å². The van der Waals surface area contributed by atoms with Crippen molar-refractivity contribution in [1.29, 1.82) is 0 Å². The molecular weight excluding hydrogens is 368 g/mol. The Morgan fingerprint density at radius 2 is 2.00 bits per heavy atom. The predicted octanol–water partition coefficient (Wildman–Crippen LogP) is 4.28. The van der Waals surface area contributed by atoms with Crippen LogP contribution in [0.5, 0.6) is 0 Å². The van der Waals surface area contributed by atoms with E-state index in [1.807, 2.05) is 0 Å². The molecule has 1 aromatic heterocycles. The Labute approximate surface area is 172 Å². The van der Waals surface area contributed by atoms with Crippen molar-refractivity contribution in [2.24, 2.45) is 0 Å². The van der Waals surface area contributed by atoms with Gasteiger partial charge in [-0.05, 0) is 69.7 Å². The summed E-state index contributed by atoms with van der Waals surface area (Å²) in [5, 5.41) is 22.2. The molecule has 2 N–H and O–H groups in total. The van der Waals surface area contributed by atoms with Gasteiger partial charge in [-0.2, -0.15) is 0 Å². The van der Waals surface area contributed by atoms with Crippen LogP contribution in [0.1, 0.15) is 68.0 Å². The number of piperidine rings is 1. The maximum Gasteiger partial charge on any atom is 0.0964 e. The Kier molecular flexibility index (Phi) is 6.78. The number of aromatic nitrogens is 1. The number of rotatable bonds is 5. The van der Waals surface area contributed by atoms with Crippen molar-refractivity contribution in [2.75, 3.05) is 26.2 Å². The van der Waals surface area contributed by atoms with Gasteiger partial charge in [0, 0.05) is 23.4 Å². The number of thiazole rings is 1. The number of β-amino-alcohol motifs (C(OH)–C–C–N with tert-alkyl or cyclic N) is 1. The maximum absolute atomic E-state index is 9.65. The SMILES string of the molecule is OCC(O)CN1CCC(c2nc(C3=CC4=C(CC=C3)CCCCC4)cs2)CC1. The van der Waals surface area contributed by atoms with Gasteiger partial charge in [0.1, 0.15) is 0 Å². The smallest absolute Gasteiger partial charge is 0.0964 e. The molecule has 1 aromatic rings. The maximum atomic E-state index is 9.65. The van der Waals surface area contributed by atoms with Crippen LogP contribution in [0.3, 0.4) is 0 Å². The highest BCUT2D eigenvalue weighted by atomic mass is 32.1. The topological polar surface area (TPSA) is 56.6 Å². The molecule has 5 heteroatoms. The van der Waals surface area contributed by atoms with Crippen molar-refractivity contribution >= 4 is 16.9 Å². The molecule has 4 nitrogen and oxygen atoms in total. The van der Waals surface area contributed by atoms with Crippen LogP contribution < -0.4 is 0 Å². The zero-order valence-corrected chi connectivity index (χ0v) is 17.5. The van der Waals surface area contributed by atoms with E-state index in [4.69, 9.17) is 10.1 Å². The molecule has 1 aliphatic heterocycles. The third-order valence-corrected chi connectivity index (χ3v) is 7.31. The number of allylic oxidation sites excluding steroid dienone is 6. The summed E-state index contributed by atoms with van der Waals surface area (Å²) >= 11 is 1.80. The van der Waals surface area contributed by atoms with Crippen LogP contribution in [-0.2, 0) is 0 Å². The fourth-order valence-electron chi connectivity index (χ4n) is 4.62. The molecule has 1 atom stereocenters. The average molecular weight is 401 g/mol. The highest BCUT2D eigenvalue weighted by molar-refractivity contribution is 7.09. The molecule has 0 saturated carbocycles. The van der Waals surface area contributed by atoms with Gasteiger partial charge >= 0.3 is 0 Å². The van der Waals surface area contributed by atoms with Crippen molar-refractivity contribution in [3.63, 3.8) is 0 Å². The van der Waals surface area contributed by atoms with E-state index in [0.29, 0.717) is 12.5 Å². The first kappa shape index (κ1) is 20.0. The Morgan fingerprint density at radius 1 is 1.18 bits per heavy atom. The van der Waals surface area contributed by atoms with E-state index in [-0.39, 0.29) is 6.61 Å². The number of likely N-dealkylation sites (tertiary alicyclic amines) is 1. The zero-order chi connectivity index (χ0) is 19.3. The first-order valence-electron chi connectivity index (χ1n) is 10.8. The van der Waals surface area contributed by atoms with E-state index in [9.17, 15) is 5.11 Å². The van der Waals surface area contributed by atoms with E-state index < -0.39 is 6.10 Å². The lowest BCUT2D eigenvalue weighted by Crippen LogP contribution is -2.39. The Bertz CT molecular complexity index is 756. The highest BCUT2D eigenvalue weighted by Crippen LogP contribution is 2.35. The summed E-state index contributed by atoms with van der Waals surface area (Å²) in [6, 6.07) is 0. The van der Waals surface area contributed by atoms with Gasteiger partial charge < -0.3 is 15.1 Å². The first-order chi connectivity index (χ1) is 13.7. The van der Waals surface area contributed by atoms with Crippen molar-refractivity contribution in [3.05, 3.63) is 45.5 Å². The molecule has 1 unspecified atom stereocenters. The van der Waals surface area contributed by atoms with Gasteiger partial charge in [-0.25, -0.2) is 4.98 Å². The molecule has 3 aliphatic rings. The minimum absolute atomic E-state index is 0.156. The zero-order valence-electron chi connectivity index (χ0n) is 16.6. The lowest BCUT2D eigenvalue weighted by Gasteiger charge is -2.32. The van der Waals surface area contributed by atoms with Crippen molar-refractivity contribution < 1.29 is 10.2 Å². The molecule has 1 saturated heterocycles. The van der Waals surface area contributed by atoms with Crippen LogP contribution >= 0.6 is 11.3 Å². The number of aliphatic hydroxyl groups excluding tert-OH is 2. The highest BCUT2D eigenvalue weighted by Gasteiger charge is 2.24. The van der Waals surface area contributed by atoms with Gasteiger partial charge in [-0.1, -0.05) is 24.1 Å². The summed E-state index contributed by atoms with van der Waals surface area (Å²) in [6.07, 6.45) is 16.1. The average Bonchev–Trinajstić information content (AvgIpc) is 2.98. The van der Waals surface area contributed by atoms with E-state index in [1.54, 1.807) is 22.5 Å². The molecule has 0 amide bonds. The molecule has 2 heterocycles. The van der Waals surface area contributed by atoms with Crippen LogP contribution in [0.4, 0.5) is 0 Å². The predicted molar refractivity (Wildman–Crippen MR) is 115 cm³/mol. The molecule has 1 fully saturated rings. The molecule has 152 valence electrons. The van der Waals surface area contributed by atoms with Crippen molar-refractivity contribution in [3.8, 4) is 0 Å². The summed E-state index contributed by atoms with van der Waals surface area (Å²) < 4.78 is 0. The molecule has 2 aliphatic carbocycles. The number of hydrogen-bond acceptors (Lipinski definition) is 5. The van der Waals surface area contributed by atoms with Crippen LogP contribution in [-0.4, -0.2) is 52.4 Å². The third-order valence-electron chi connectivity index (χ3n) is 6.30. The number of aliphatic hydroxyl groups is 2. The monoisotopic (exact) mass is 400 g/mol. The van der Waals surface area contributed by atoms with Crippen LogP contribution in [0, 0.1) is 0 Å². The second kappa shape index (κ2) is 9.49. The second-order valence-corrected chi connectivity index (χ2v) is 9.27. The molecule has 0 radical (unpaired) electrons. The normalized spacial score (nSPS) is 23.1. The van der Waals surface area contributed by atoms with Gasteiger partial charge in [-0.3, -0.25) is 0 Å². The second-order valence-electron chi connectivity index (χ2n) is 8.38. The largest absolute Gasteiger partial charge is 0.394 e. The Hall–Kier alpha value is -1.27. The lowest BCUT2D eigenvalue weighted by molar-refractivity contribution is 0.0513. The van der Waals surface area contributed by atoms with Gasteiger partial charge in [0.05, 0.1) is 23.4 Å².